The minimum absolute atomic E-state index is 0.145. The number of hydrogen-bond donors (Lipinski definition) is 2. The van der Waals surface area contributed by atoms with Gasteiger partial charge in [-0.05, 0) is 31.4 Å². The first-order valence-corrected chi connectivity index (χ1v) is 6.23. The number of ether oxygens (including phenoxy) is 1. The van der Waals surface area contributed by atoms with Crippen molar-refractivity contribution in [3.8, 4) is 0 Å². The number of rotatable bonds is 6. The van der Waals surface area contributed by atoms with Crippen molar-refractivity contribution < 1.29 is 4.74 Å². The first-order valence-electron chi connectivity index (χ1n) is 6.23. The SMILES string of the molecule is CCNC(c1cnccc1N)C(OC)C1CC1. The maximum absolute atomic E-state index is 6.03. The van der Waals surface area contributed by atoms with E-state index in [1.807, 2.05) is 12.3 Å². The Balaban J connectivity index is 2.24. The van der Waals surface area contributed by atoms with E-state index in [0.717, 1.165) is 17.8 Å². The van der Waals surface area contributed by atoms with Gasteiger partial charge in [0, 0.05) is 30.8 Å². The van der Waals surface area contributed by atoms with Crippen molar-refractivity contribution in [3.05, 3.63) is 24.0 Å². The summed E-state index contributed by atoms with van der Waals surface area (Å²) in [4.78, 5) is 4.17. The standard InChI is InChI=1S/C13H21N3O/c1-3-16-12(13(17-2)9-4-5-9)10-8-15-7-6-11(10)14/h6-9,12-13,16H,3-5H2,1-2H3,(H2,14,15). The van der Waals surface area contributed by atoms with Gasteiger partial charge >= 0.3 is 0 Å². The highest BCUT2D eigenvalue weighted by Gasteiger charge is 2.37. The number of aromatic nitrogens is 1. The highest BCUT2D eigenvalue weighted by Crippen LogP contribution is 2.40. The van der Waals surface area contributed by atoms with E-state index < -0.39 is 0 Å². The molecule has 1 heterocycles. The first kappa shape index (κ1) is 12.3. The second-order valence-electron chi connectivity index (χ2n) is 4.58. The van der Waals surface area contributed by atoms with Crippen LogP contribution in [0.4, 0.5) is 5.69 Å². The van der Waals surface area contributed by atoms with Crippen LogP contribution >= 0.6 is 0 Å². The summed E-state index contributed by atoms with van der Waals surface area (Å²) in [6.45, 7) is 2.99. The molecular weight excluding hydrogens is 214 g/mol. The summed E-state index contributed by atoms with van der Waals surface area (Å²) in [6, 6.07) is 1.99. The molecule has 0 aromatic carbocycles. The number of nitrogen functional groups attached to an aromatic ring is 1. The average Bonchev–Trinajstić information content (AvgIpc) is 3.14. The Labute approximate surface area is 103 Å². The van der Waals surface area contributed by atoms with Crippen LogP contribution in [0.1, 0.15) is 31.4 Å². The van der Waals surface area contributed by atoms with Crippen molar-refractivity contribution in [3.63, 3.8) is 0 Å². The molecule has 0 aliphatic heterocycles. The van der Waals surface area contributed by atoms with Crippen LogP contribution in [0.3, 0.4) is 0 Å². The molecule has 1 fully saturated rings. The van der Waals surface area contributed by atoms with Gasteiger partial charge < -0.3 is 15.8 Å². The summed E-state index contributed by atoms with van der Waals surface area (Å²) < 4.78 is 5.65. The van der Waals surface area contributed by atoms with Gasteiger partial charge in [0.1, 0.15) is 0 Å². The van der Waals surface area contributed by atoms with Gasteiger partial charge in [0.05, 0.1) is 12.1 Å². The Kier molecular flexibility index (Phi) is 3.97. The molecule has 4 heteroatoms. The summed E-state index contributed by atoms with van der Waals surface area (Å²) >= 11 is 0. The van der Waals surface area contributed by atoms with Crippen LogP contribution in [0.25, 0.3) is 0 Å². The summed E-state index contributed by atoms with van der Waals surface area (Å²) in [6.07, 6.45) is 6.26. The Morgan fingerprint density at radius 3 is 2.88 bits per heavy atom. The van der Waals surface area contributed by atoms with Gasteiger partial charge in [-0.25, -0.2) is 0 Å². The molecular formula is C13H21N3O. The molecule has 3 N–H and O–H groups in total. The fraction of sp³-hybridized carbons (Fsp3) is 0.615. The monoisotopic (exact) mass is 235 g/mol. The van der Waals surface area contributed by atoms with Crippen molar-refractivity contribution >= 4 is 5.69 Å². The smallest absolute Gasteiger partial charge is 0.0795 e. The largest absolute Gasteiger partial charge is 0.398 e. The summed E-state index contributed by atoms with van der Waals surface area (Å²) in [5.74, 6) is 0.656. The molecule has 0 bridgehead atoms. The maximum Gasteiger partial charge on any atom is 0.0795 e. The lowest BCUT2D eigenvalue weighted by atomic mass is 9.98. The Hall–Kier alpha value is -1.13. The predicted octanol–water partition coefficient (Wildman–Crippen LogP) is 1.74. The van der Waals surface area contributed by atoms with Crippen LogP contribution in [0, 0.1) is 5.92 Å². The second kappa shape index (κ2) is 5.47. The average molecular weight is 235 g/mol. The molecule has 94 valence electrons. The van der Waals surface area contributed by atoms with Crippen molar-refractivity contribution in [2.45, 2.75) is 31.9 Å². The Bertz CT molecular complexity index is 365. The topological polar surface area (TPSA) is 60.2 Å². The van der Waals surface area contributed by atoms with E-state index in [1.54, 1.807) is 13.3 Å². The van der Waals surface area contributed by atoms with E-state index in [4.69, 9.17) is 10.5 Å². The number of nitrogens with one attached hydrogen (secondary N) is 1. The summed E-state index contributed by atoms with van der Waals surface area (Å²) in [7, 11) is 1.78. The third-order valence-electron chi connectivity index (χ3n) is 3.33. The van der Waals surface area contributed by atoms with Crippen LogP contribution in [0.5, 0.6) is 0 Å². The lowest BCUT2D eigenvalue weighted by Crippen LogP contribution is -2.35. The zero-order chi connectivity index (χ0) is 12.3. The fourth-order valence-electron chi connectivity index (χ4n) is 2.33. The zero-order valence-electron chi connectivity index (χ0n) is 10.5. The van der Waals surface area contributed by atoms with E-state index >= 15 is 0 Å². The molecule has 17 heavy (non-hydrogen) atoms. The van der Waals surface area contributed by atoms with Crippen molar-refractivity contribution in [1.82, 2.24) is 10.3 Å². The molecule has 0 radical (unpaired) electrons. The highest BCUT2D eigenvalue weighted by molar-refractivity contribution is 5.46. The van der Waals surface area contributed by atoms with Crippen LogP contribution in [0.15, 0.2) is 18.5 Å². The molecule has 2 rings (SSSR count). The van der Waals surface area contributed by atoms with E-state index in [2.05, 4.69) is 17.2 Å². The molecule has 1 aromatic heterocycles. The second-order valence-corrected chi connectivity index (χ2v) is 4.58. The normalized spacial score (nSPS) is 18.9. The van der Waals surface area contributed by atoms with Gasteiger partial charge in [-0.3, -0.25) is 4.98 Å². The summed E-state index contributed by atoms with van der Waals surface area (Å²) in [5, 5.41) is 3.47. The van der Waals surface area contributed by atoms with Gasteiger partial charge in [-0.1, -0.05) is 6.92 Å². The van der Waals surface area contributed by atoms with Gasteiger partial charge in [0.25, 0.3) is 0 Å². The van der Waals surface area contributed by atoms with E-state index in [1.165, 1.54) is 12.8 Å². The van der Waals surface area contributed by atoms with Crippen LogP contribution in [-0.2, 0) is 4.74 Å². The van der Waals surface area contributed by atoms with Crippen molar-refractivity contribution in [1.29, 1.82) is 0 Å². The fourth-order valence-corrected chi connectivity index (χ4v) is 2.33. The van der Waals surface area contributed by atoms with Gasteiger partial charge in [0.2, 0.25) is 0 Å². The van der Waals surface area contributed by atoms with Gasteiger partial charge in [0.15, 0.2) is 0 Å². The van der Waals surface area contributed by atoms with E-state index in [0.29, 0.717) is 5.92 Å². The van der Waals surface area contributed by atoms with Crippen molar-refractivity contribution in [2.75, 3.05) is 19.4 Å². The summed E-state index contributed by atoms with van der Waals surface area (Å²) in [5.41, 5.74) is 7.86. The molecule has 0 amide bonds. The molecule has 2 unspecified atom stereocenters. The van der Waals surface area contributed by atoms with Gasteiger partial charge in [-0.15, -0.1) is 0 Å². The molecule has 4 nitrogen and oxygen atoms in total. The lowest BCUT2D eigenvalue weighted by Gasteiger charge is -2.27. The van der Waals surface area contributed by atoms with Crippen LogP contribution in [0.2, 0.25) is 0 Å². The number of methoxy groups -OCH3 is 1. The first-order chi connectivity index (χ1) is 8.27. The molecule has 1 aliphatic rings. The Morgan fingerprint density at radius 1 is 1.59 bits per heavy atom. The zero-order valence-corrected chi connectivity index (χ0v) is 10.5. The number of anilines is 1. The number of hydrogen-bond acceptors (Lipinski definition) is 4. The molecule has 1 aromatic rings. The molecule has 0 spiro atoms. The Morgan fingerprint density at radius 2 is 2.35 bits per heavy atom. The third-order valence-corrected chi connectivity index (χ3v) is 3.33. The molecule has 2 atom stereocenters. The predicted molar refractivity (Wildman–Crippen MR) is 68.6 cm³/mol. The number of nitrogens with two attached hydrogens (primary N) is 1. The number of nitrogens with zero attached hydrogens (tertiary/aromatic N) is 1. The minimum Gasteiger partial charge on any atom is -0.398 e. The number of pyridine rings is 1. The molecule has 0 saturated heterocycles. The maximum atomic E-state index is 6.03. The van der Waals surface area contributed by atoms with Crippen molar-refractivity contribution in [2.24, 2.45) is 5.92 Å². The van der Waals surface area contributed by atoms with E-state index in [9.17, 15) is 0 Å². The molecule has 1 aliphatic carbocycles. The quantitative estimate of drug-likeness (QED) is 0.788. The van der Waals surface area contributed by atoms with Gasteiger partial charge in [-0.2, -0.15) is 0 Å². The van der Waals surface area contributed by atoms with E-state index in [-0.39, 0.29) is 12.1 Å². The third kappa shape index (κ3) is 2.76. The molecule has 1 saturated carbocycles. The minimum atomic E-state index is 0.145. The highest BCUT2D eigenvalue weighted by atomic mass is 16.5. The number of likely N-dealkylation sites (N-methyl/N-ethyl adjacent to an activating group) is 1. The van der Waals surface area contributed by atoms with Crippen LogP contribution < -0.4 is 11.1 Å². The lowest BCUT2D eigenvalue weighted by molar-refractivity contribution is 0.0513. The van der Waals surface area contributed by atoms with Crippen LogP contribution in [-0.4, -0.2) is 24.7 Å².